The molecule has 0 saturated heterocycles. The van der Waals surface area contributed by atoms with Crippen LogP contribution in [0.3, 0.4) is 0 Å². The molecular weight excluding hydrogens is 234 g/mol. The van der Waals surface area contributed by atoms with E-state index in [1.165, 1.54) is 9.75 Å². The van der Waals surface area contributed by atoms with E-state index in [1.807, 2.05) is 11.4 Å². The van der Waals surface area contributed by atoms with Crippen LogP contribution in [0.1, 0.15) is 9.75 Å². The van der Waals surface area contributed by atoms with Crippen molar-refractivity contribution in [1.82, 2.24) is 5.32 Å². The van der Waals surface area contributed by atoms with Gasteiger partial charge in [-0.05, 0) is 22.9 Å². The molecule has 2 aromatic rings. The Morgan fingerprint density at radius 1 is 1.14 bits per heavy atom. The highest BCUT2D eigenvalue weighted by Gasteiger charge is 2.00. The van der Waals surface area contributed by atoms with Crippen LogP contribution in [-0.2, 0) is 13.1 Å². The highest BCUT2D eigenvalue weighted by Crippen LogP contribution is 2.21. The third kappa shape index (κ3) is 2.58. The second-order valence-electron chi connectivity index (χ2n) is 2.87. The highest BCUT2D eigenvalue weighted by atomic mass is 35.5. The number of hydrogen-bond donors (Lipinski definition) is 1. The quantitative estimate of drug-likeness (QED) is 0.863. The number of rotatable bonds is 4. The maximum atomic E-state index is 5.97. The summed E-state index contributed by atoms with van der Waals surface area (Å²) in [5.74, 6) is 0. The molecule has 2 aromatic heterocycles. The minimum Gasteiger partial charge on any atom is -0.307 e. The first-order chi connectivity index (χ1) is 6.86. The normalized spacial score (nSPS) is 10.6. The van der Waals surface area contributed by atoms with Crippen molar-refractivity contribution in [3.05, 3.63) is 43.7 Å². The molecule has 14 heavy (non-hydrogen) atoms. The fourth-order valence-electron chi connectivity index (χ4n) is 1.16. The van der Waals surface area contributed by atoms with Gasteiger partial charge in [-0.25, -0.2) is 0 Å². The first-order valence-electron chi connectivity index (χ1n) is 4.31. The Morgan fingerprint density at radius 3 is 2.71 bits per heavy atom. The SMILES string of the molecule is Clc1ccsc1CNCc1cccs1. The van der Waals surface area contributed by atoms with Crippen molar-refractivity contribution in [3.8, 4) is 0 Å². The van der Waals surface area contributed by atoms with Crippen molar-refractivity contribution >= 4 is 34.3 Å². The van der Waals surface area contributed by atoms with E-state index in [1.54, 1.807) is 22.7 Å². The molecule has 0 spiro atoms. The Labute approximate surface area is 96.4 Å². The molecule has 0 aliphatic carbocycles. The average molecular weight is 244 g/mol. The summed E-state index contributed by atoms with van der Waals surface area (Å²) in [5.41, 5.74) is 0. The largest absolute Gasteiger partial charge is 0.307 e. The third-order valence-corrected chi connectivity index (χ3v) is 4.12. The highest BCUT2D eigenvalue weighted by molar-refractivity contribution is 7.10. The molecule has 0 amide bonds. The van der Waals surface area contributed by atoms with Crippen molar-refractivity contribution in [2.45, 2.75) is 13.1 Å². The van der Waals surface area contributed by atoms with Gasteiger partial charge in [-0.2, -0.15) is 0 Å². The van der Waals surface area contributed by atoms with Gasteiger partial charge in [-0.15, -0.1) is 22.7 Å². The molecule has 1 nitrogen and oxygen atoms in total. The van der Waals surface area contributed by atoms with Crippen LogP contribution in [0.15, 0.2) is 29.0 Å². The molecule has 2 rings (SSSR count). The lowest BCUT2D eigenvalue weighted by molar-refractivity contribution is 0.709. The van der Waals surface area contributed by atoms with E-state index >= 15 is 0 Å². The molecule has 4 heteroatoms. The van der Waals surface area contributed by atoms with Crippen LogP contribution >= 0.6 is 34.3 Å². The summed E-state index contributed by atoms with van der Waals surface area (Å²) in [6.45, 7) is 1.78. The number of nitrogens with one attached hydrogen (secondary N) is 1. The van der Waals surface area contributed by atoms with E-state index in [0.717, 1.165) is 18.1 Å². The maximum Gasteiger partial charge on any atom is 0.0558 e. The van der Waals surface area contributed by atoms with E-state index < -0.39 is 0 Å². The summed E-state index contributed by atoms with van der Waals surface area (Å²) < 4.78 is 0. The zero-order valence-corrected chi connectivity index (χ0v) is 9.88. The van der Waals surface area contributed by atoms with Gasteiger partial charge in [0.05, 0.1) is 5.02 Å². The predicted molar refractivity (Wildman–Crippen MR) is 64.2 cm³/mol. The molecule has 74 valence electrons. The van der Waals surface area contributed by atoms with Crippen molar-refractivity contribution < 1.29 is 0 Å². The van der Waals surface area contributed by atoms with Gasteiger partial charge in [0.2, 0.25) is 0 Å². The summed E-state index contributed by atoms with van der Waals surface area (Å²) in [5, 5.41) is 8.35. The van der Waals surface area contributed by atoms with Crippen LogP contribution in [0, 0.1) is 0 Å². The molecule has 0 aliphatic heterocycles. The van der Waals surface area contributed by atoms with E-state index in [-0.39, 0.29) is 0 Å². The van der Waals surface area contributed by atoms with Gasteiger partial charge in [0, 0.05) is 22.8 Å². The summed E-state index contributed by atoms with van der Waals surface area (Å²) in [6.07, 6.45) is 0. The van der Waals surface area contributed by atoms with E-state index in [2.05, 4.69) is 22.8 Å². The second-order valence-corrected chi connectivity index (χ2v) is 5.31. The number of thiophene rings is 2. The first-order valence-corrected chi connectivity index (χ1v) is 6.45. The van der Waals surface area contributed by atoms with Gasteiger partial charge in [-0.1, -0.05) is 17.7 Å². The molecule has 2 heterocycles. The van der Waals surface area contributed by atoms with Gasteiger partial charge in [0.15, 0.2) is 0 Å². The second kappa shape index (κ2) is 4.94. The van der Waals surface area contributed by atoms with E-state index in [9.17, 15) is 0 Å². The van der Waals surface area contributed by atoms with Gasteiger partial charge < -0.3 is 5.32 Å². The molecule has 0 fully saturated rings. The number of halogens is 1. The lowest BCUT2D eigenvalue weighted by Crippen LogP contribution is -2.10. The van der Waals surface area contributed by atoms with Crippen LogP contribution in [0.4, 0.5) is 0 Å². The van der Waals surface area contributed by atoms with E-state index in [0.29, 0.717) is 0 Å². The van der Waals surface area contributed by atoms with Crippen LogP contribution < -0.4 is 5.32 Å². The van der Waals surface area contributed by atoms with Crippen LogP contribution in [-0.4, -0.2) is 0 Å². The molecule has 0 unspecified atom stereocenters. The number of hydrogen-bond acceptors (Lipinski definition) is 3. The van der Waals surface area contributed by atoms with Crippen molar-refractivity contribution in [2.24, 2.45) is 0 Å². The van der Waals surface area contributed by atoms with Gasteiger partial charge in [0.25, 0.3) is 0 Å². The fourth-order valence-corrected chi connectivity index (χ4v) is 2.91. The Balaban J connectivity index is 1.81. The topological polar surface area (TPSA) is 12.0 Å². The Hall–Kier alpha value is -0.350. The molecule has 1 N–H and O–H groups in total. The Morgan fingerprint density at radius 2 is 2.07 bits per heavy atom. The first kappa shape index (κ1) is 10.2. The zero-order valence-electron chi connectivity index (χ0n) is 7.50. The standard InChI is InChI=1S/C10H10ClNS2/c11-9-3-5-14-10(9)7-12-6-8-2-1-4-13-8/h1-5,12H,6-7H2. The minimum atomic E-state index is 0.856. The smallest absolute Gasteiger partial charge is 0.0558 e. The average Bonchev–Trinajstić information content (AvgIpc) is 2.78. The summed E-state index contributed by atoms with van der Waals surface area (Å²) in [6, 6.07) is 6.14. The molecule has 0 saturated carbocycles. The fraction of sp³-hybridized carbons (Fsp3) is 0.200. The molecule has 0 bridgehead atoms. The van der Waals surface area contributed by atoms with Crippen molar-refractivity contribution in [3.63, 3.8) is 0 Å². The van der Waals surface area contributed by atoms with Gasteiger partial charge in [0.1, 0.15) is 0 Å². The molecule has 0 aromatic carbocycles. The van der Waals surface area contributed by atoms with Crippen LogP contribution in [0.2, 0.25) is 5.02 Å². The van der Waals surface area contributed by atoms with Gasteiger partial charge in [-0.3, -0.25) is 0 Å². The lowest BCUT2D eigenvalue weighted by atomic mass is 10.4. The van der Waals surface area contributed by atoms with E-state index in [4.69, 9.17) is 11.6 Å². The molecule has 0 radical (unpaired) electrons. The third-order valence-electron chi connectivity index (χ3n) is 1.86. The summed E-state index contributed by atoms with van der Waals surface area (Å²) in [4.78, 5) is 2.57. The minimum absolute atomic E-state index is 0.856. The molecule has 0 aliphatic rings. The van der Waals surface area contributed by atoms with Gasteiger partial charge >= 0.3 is 0 Å². The van der Waals surface area contributed by atoms with Crippen molar-refractivity contribution in [2.75, 3.05) is 0 Å². The molecule has 0 atom stereocenters. The molecular formula is C10H10ClNS2. The Kier molecular flexibility index (Phi) is 3.59. The summed E-state index contributed by atoms with van der Waals surface area (Å²) >= 11 is 9.44. The summed E-state index contributed by atoms with van der Waals surface area (Å²) in [7, 11) is 0. The van der Waals surface area contributed by atoms with Crippen LogP contribution in [0.25, 0.3) is 0 Å². The Bertz CT molecular complexity index is 380. The van der Waals surface area contributed by atoms with Crippen LogP contribution in [0.5, 0.6) is 0 Å². The maximum absolute atomic E-state index is 5.97. The lowest BCUT2D eigenvalue weighted by Gasteiger charge is -2.00. The monoisotopic (exact) mass is 243 g/mol. The predicted octanol–water partition coefficient (Wildman–Crippen LogP) is 3.75. The van der Waals surface area contributed by atoms with Crippen molar-refractivity contribution in [1.29, 1.82) is 0 Å². The zero-order chi connectivity index (χ0) is 9.80.